The van der Waals surface area contributed by atoms with E-state index in [9.17, 15) is 13.2 Å². The Morgan fingerprint density at radius 3 is 2.40 bits per heavy atom. The third kappa shape index (κ3) is 4.31. The van der Waals surface area contributed by atoms with E-state index in [0.29, 0.717) is 18.4 Å². The molecule has 0 bridgehead atoms. The molecule has 2 unspecified atom stereocenters. The second-order valence-corrected chi connectivity index (χ2v) is 8.27. The van der Waals surface area contributed by atoms with Crippen molar-refractivity contribution in [2.24, 2.45) is 11.3 Å². The lowest BCUT2D eigenvalue weighted by Gasteiger charge is -2.21. The first-order valence-corrected chi connectivity index (χ1v) is 8.21. The van der Waals surface area contributed by atoms with Crippen LogP contribution < -0.4 is 0 Å². The average Bonchev–Trinajstić information content (AvgIpc) is 2.83. The molecular formula is C14H24O5S. The van der Waals surface area contributed by atoms with Crippen LogP contribution in [0.2, 0.25) is 0 Å². The van der Waals surface area contributed by atoms with E-state index in [0.717, 1.165) is 6.42 Å². The van der Waals surface area contributed by atoms with Gasteiger partial charge in [-0.2, -0.15) is 8.42 Å². The number of ether oxygens (including phenoxy) is 1. The van der Waals surface area contributed by atoms with E-state index in [2.05, 4.69) is 10.8 Å². The fraction of sp³-hybridized carbons (Fsp3) is 0.786. The summed E-state index contributed by atoms with van der Waals surface area (Å²) in [6.07, 6.45) is 1.76. The Morgan fingerprint density at radius 2 is 1.90 bits per heavy atom. The lowest BCUT2D eigenvalue weighted by molar-refractivity contribution is -0.141. The molecule has 0 spiro atoms. The van der Waals surface area contributed by atoms with Crippen molar-refractivity contribution in [3.63, 3.8) is 0 Å². The Bertz CT molecular complexity index is 472. The van der Waals surface area contributed by atoms with E-state index >= 15 is 0 Å². The molecule has 0 heterocycles. The maximum atomic E-state index is 11.8. The summed E-state index contributed by atoms with van der Waals surface area (Å²) in [5.74, 6) is -0.336. The van der Waals surface area contributed by atoms with Crippen LogP contribution in [0.5, 0.6) is 0 Å². The van der Waals surface area contributed by atoms with Crippen LogP contribution in [0.15, 0.2) is 12.2 Å². The summed E-state index contributed by atoms with van der Waals surface area (Å²) in [6.45, 7) is 9.68. The van der Waals surface area contributed by atoms with Crippen molar-refractivity contribution in [2.45, 2.75) is 45.3 Å². The SMILES string of the molecule is C=C(C(=O)OCC1CCC(S(=O)(=O)OC)C1)C(C)(C)C. The average molecular weight is 304 g/mol. The van der Waals surface area contributed by atoms with Gasteiger partial charge in [0, 0.05) is 5.57 Å². The van der Waals surface area contributed by atoms with Gasteiger partial charge in [0.2, 0.25) is 0 Å². The minimum atomic E-state index is -3.47. The number of carbonyl (C=O) groups excluding carboxylic acids is 1. The van der Waals surface area contributed by atoms with Crippen molar-refractivity contribution >= 4 is 16.1 Å². The van der Waals surface area contributed by atoms with E-state index in [1.165, 1.54) is 7.11 Å². The molecule has 1 saturated carbocycles. The first kappa shape index (κ1) is 17.2. The molecule has 0 radical (unpaired) electrons. The van der Waals surface area contributed by atoms with Crippen molar-refractivity contribution in [1.82, 2.24) is 0 Å². The predicted molar refractivity (Wildman–Crippen MR) is 76.6 cm³/mol. The molecule has 0 aromatic carbocycles. The van der Waals surface area contributed by atoms with Crippen LogP contribution in [0.3, 0.4) is 0 Å². The van der Waals surface area contributed by atoms with Crippen molar-refractivity contribution in [2.75, 3.05) is 13.7 Å². The van der Waals surface area contributed by atoms with E-state index in [1.54, 1.807) is 0 Å². The Balaban J connectivity index is 2.46. The summed E-state index contributed by atoms with van der Waals surface area (Å²) in [6, 6.07) is 0. The second kappa shape index (κ2) is 6.26. The monoisotopic (exact) mass is 304 g/mol. The van der Waals surface area contributed by atoms with E-state index < -0.39 is 21.3 Å². The van der Waals surface area contributed by atoms with Gasteiger partial charge in [-0.15, -0.1) is 0 Å². The maximum absolute atomic E-state index is 11.8. The van der Waals surface area contributed by atoms with Gasteiger partial charge < -0.3 is 4.74 Å². The minimum absolute atomic E-state index is 0.0710. The van der Waals surface area contributed by atoms with Crippen LogP contribution in [0.4, 0.5) is 0 Å². The van der Waals surface area contributed by atoms with E-state index in [4.69, 9.17) is 4.74 Å². The lowest BCUT2D eigenvalue weighted by atomic mass is 9.88. The van der Waals surface area contributed by atoms with E-state index in [1.807, 2.05) is 20.8 Å². The molecular weight excluding hydrogens is 280 g/mol. The van der Waals surface area contributed by atoms with Crippen LogP contribution in [0.25, 0.3) is 0 Å². The summed E-state index contributed by atoms with van der Waals surface area (Å²) < 4.78 is 32.9. The molecule has 0 amide bonds. The van der Waals surface area contributed by atoms with Crippen LogP contribution in [-0.2, 0) is 23.8 Å². The molecule has 0 aromatic rings. The van der Waals surface area contributed by atoms with Gasteiger partial charge in [0.15, 0.2) is 0 Å². The highest BCUT2D eigenvalue weighted by Gasteiger charge is 2.35. The summed E-state index contributed by atoms with van der Waals surface area (Å²) in [5.41, 5.74) is 0.103. The molecule has 0 saturated heterocycles. The summed E-state index contributed by atoms with van der Waals surface area (Å²) in [4.78, 5) is 11.8. The third-order valence-electron chi connectivity index (χ3n) is 3.74. The molecule has 0 aliphatic heterocycles. The van der Waals surface area contributed by atoms with Crippen LogP contribution in [-0.4, -0.2) is 33.4 Å². The predicted octanol–water partition coefficient (Wildman–Crippen LogP) is 2.28. The highest BCUT2D eigenvalue weighted by Crippen LogP contribution is 2.32. The molecule has 6 heteroatoms. The fourth-order valence-corrected chi connectivity index (χ4v) is 3.37. The van der Waals surface area contributed by atoms with Gasteiger partial charge in [0.25, 0.3) is 10.1 Å². The van der Waals surface area contributed by atoms with Gasteiger partial charge in [-0.05, 0) is 30.6 Å². The second-order valence-electron chi connectivity index (χ2n) is 6.29. The fourth-order valence-electron chi connectivity index (χ4n) is 2.17. The van der Waals surface area contributed by atoms with Crippen LogP contribution in [0.1, 0.15) is 40.0 Å². The van der Waals surface area contributed by atoms with Gasteiger partial charge in [-0.3, -0.25) is 4.18 Å². The van der Waals surface area contributed by atoms with E-state index in [-0.39, 0.29) is 17.9 Å². The van der Waals surface area contributed by atoms with Crippen molar-refractivity contribution in [3.8, 4) is 0 Å². The highest BCUT2D eigenvalue weighted by atomic mass is 32.2. The highest BCUT2D eigenvalue weighted by molar-refractivity contribution is 7.87. The van der Waals surface area contributed by atoms with Crippen molar-refractivity contribution in [3.05, 3.63) is 12.2 Å². The molecule has 1 aliphatic rings. The molecule has 0 aromatic heterocycles. The van der Waals surface area contributed by atoms with Gasteiger partial charge in [0.05, 0.1) is 19.0 Å². The molecule has 116 valence electrons. The molecule has 5 nitrogen and oxygen atoms in total. The largest absolute Gasteiger partial charge is 0.462 e. The third-order valence-corrected chi connectivity index (χ3v) is 5.44. The summed E-state index contributed by atoms with van der Waals surface area (Å²) in [5, 5.41) is -0.484. The van der Waals surface area contributed by atoms with Gasteiger partial charge in [0.1, 0.15) is 0 Å². The summed E-state index contributed by atoms with van der Waals surface area (Å²) >= 11 is 0. The zero-order chi connectivity index (χ0) is 15.6. The molecule has 2 atom stereocenters. The Hall–Kier alpha value is -0.880. The number of rotatable bonds is 5. The molecule has 1 fully saturated rings. The quantitative estimate of drug-likeness (QED) is 0.443. The van der Waals surface area contributed by atoms with Crippen LogP contribution >= 0.6 is 0 Å². The van der Waals surface area contributed by atoms with Crippen molar-refractivity contribution < 1.29 is 22.1 Å². The zero-order valence-corrected chi connectivity index (χ0v) is 13.5. The first-order valence-electron chi connectivity index (χ1n) is 6.74. The Kier molecular flexibility index (Phi) is 5.38. The van der Waals surface area contributed by atoms with Crippen LogP contribution in [0, 0.1) is 11.3 Å². The smallest absolute Gasteiger partial charge is 0.333 e. The number of esters is 1. The standard InChI is InChI=1S/C14H24O5S/c1-10(14(2,3)4)13(15)19-9-11-6-7-12(8-11)20(16,17)18-5/h11-12H,1,6-9H2,2-5H3. The maximum Gasteiger partial charge on any atom is 0.333 e. The molecule has 0 N–H and O–H groups in total. The van der Waals surface area contributed by atoms with Crippen molar-refractivity contribution in [1.29, 1.82) is 0 Å². The molecule has 20 heavy (non-hydrogen) atoms. The van der Waals surface area contributed by atoms with Gasteiger partial charge in [-0.25, -0.2) is 4.79 Å². The minimum Gasteiger partial charge on any atom is -0.462 e. The molecule has 1 rings (SSSR count). The topological polar surface area (TPSA) is 69.7 Å². The Labute approximate surface area is 121 Å². The Morgan fingerprint density at radius 1 is 1.30 bits per heavy atom. The zero-order valence-electron chi connectivity index (χ0n) is 12.6. The summed E-state index contributed by atoms with van der Waals surface area (Å²) in [7, 11) is -2.29. The van der Waals surface area contributed by atoms with Gasteiger partial charge in [-0.1, -0.05) is 27.4 Å². The molecule has 1 aliphatic carbocycles. The number of hydrogen-bond donors (Lipinski definition) is 0. The van der Waals surface area contributed by atoms with Gasteiger partial charge >= 0.3 is 5.97 Å². The first-order chi connectivity index (χ1) is 9.08. The number of hydrogen-bond acceptors (Lipinski definition) is 5. The normalized spacial score (nSPS) is 23.6. The number of carbonyl (C=O) groups is 1. The lowest BCUT2D eigenvalue weighted by Crippen LogP contribution is -2.22.